The van der Waals surface area contributed by atoms with Crippen LogP contribution in [0.15, 0.2) is 82.0 Å². The van der Waals surface area contributed by atoms with Crippen LogP contribution in [0.4, 0.5) is 0 Å². The van der Waals surface area contributed by atoms with Crippen molar-refractivity contribution < 1.29 is 40.2 Å². The van der Waals surface area contributed by atoms with Crippen LogP contribution in [0.5, 0.6) is 17.2 Å². The molecule has 0 aliphatic carbocycles. The van der Waals surface area contributed by atoms with Crippen molar-refractivity contribution in [2.75, 3.05) is 0 Å². The lowest BCUT2D eigenvalue weighted by molar-refractivity contribution is 0.0971. The van der Waals surface area contributed by atoms with Crippen molar-refractivity contribution in [3.63, 3.8) is 0 Å². The second-order valence-corrected chi connectivity index (χ2v) is 8.32. The molecule has 0 spiro atoms. The van der Waals surface area contributed by atoms with Crippen LogP contribution < -0.4 is 14.0 Å². The van der Waals surface area contributed by atoms with E-state index < -0.39 is 57.1 Å². The Labute approximate surface area is 202 Å². The minimum atomic E-state index is -2.89. The van der Waals surface area contributed by atoms with E-state index in [0.29, 0.717) is 5.56 Å². The molecule has 0 bridgehead atoms. The Bertz CT molecular complexity index is 1500. The highest BCUT2D eigenvalue weighted by Crippen LogP contribution is 2.42. The third kappa shape index (κ3) is 5.15. The lowest BCUT2D eigenvalue weighted by Gasteiger charge is -2.18. The van der Waals surface area contributed by atoms with Crippen molar-refractivity contribution in [3.8, 4) is 17.2 Å². The molecule has 0 saturated carbocycles. The Balaban J connectivity index is 2.02. The van der Waals surface area contributed by atoms with Crippen LogP contribution in [0.25, 0.3) is 11.0 Å². The van der Waals surface area contributed by atoms with Crippen molar-refractivity contribution in [2.45, 2.75) is 5.92 Å². The highest BCUT2D eigenvalue weighted by atomic mass is 32.2. The summed E-state index contributed by atoms with van der Waals surface area (Å²) >= 11 is -5.67. The first-order chi connectivity index (χ1) is 16.8. The standard InChI is InChI=1S/C23H16O10S2/c24-21(14-9-5-2-6-10-14)18(13-7-3-1-4-8-13)20-22(25)19-16(31-23(20)26)11-15(32-34(27)28)12-17(19)33-35(29)30/h1-12,18,25H,(H,27,28)(H,29,30). The van der Waals surface area contributed by atoms with E-state index in [2.05, 4.69) is 4.18 Å². The minimum Gasteiger partial charge on any atom is -0.506 e. The van der Waals surface area contributed by atoms with Crippen molar-refractivity contribution in [1.29, 1.82) is 0 Å². The first-order valence-electron chi connectivity index (χ1n) is 9.82. The molecule has 1 heterocycles. The molecule has 0 radical (unpaired) electrons. The maximum atomic E-state index is 13.5. The van der Waals surface area contributed by atoms with Crippen LogP contribution in [0, 0.1) is 0 Å². The third-order valence-electron chi connectivity index (χ3n) is 5.02. The minimum absolute atomic E-state index is 0.266. The molecule has 3 N–H and O–H groups in total. The average Bonchev–Trinajstić information content (AvgIpc) is 2.81. The Kier molecular flexibility index (Phi) is 7.07. The number of hydrogen-bond acceptors (Lipinski definition) is 8. The molecule has 3 aromatic carbocycles. The molecule has 0 aliphatic rings. The number of benzene rings is 3. The van der Waals surface area contributed by atoms with Gasteiger partial charge in [0.15, 0.2) is 11.5 Å². The highest BCUT2D eigenvalue weighted by Gasteiger charge is 2.32. The quantitative estimate of drug-likeness (QED) is 0.179. The van der Waals surface area contributed by atoms with Crippen LogP contribution >= 0.6 is 0 Å². The molecule has 0 saturated heterocycles. The van der Waals surface area contributed by atoms with E-state index in [0.717, 1.165) is 12.1 Å². The SMILES string of the molecule is O=C(c1ccccc1)C(c1ccccc1)c1c(O)c2c(OS(=O)O)cc(OS(=O)O)cc2oc1=O. The maximum Gasteiger partial charge on any atom is 0.357 e. The molecule has 4 aromatic rings. The monoisotopic (exact) mass is 516 g/mol. The van der Waals surface area contributed by atoms with Gasteiger partial charge in [-0.3, -0.25) is 13.9 Å². The molecule has 0 fully saturated rings. The van der Waals surface area contributed by atoms with Gasteiger partial charge in [-0.1, -0.05) is 60.7 Å². The number of carbonyl (C=O) groups is 1. The van der Waals surface area contributed by atoms with Crippen LogP contribution in [-0.4, -0.2) is 28.4 Å². The van der Waals surface area contributed by atoms with Gasteiger partial charge < -0.3 is 17.9 Å². The number of carbonyl (C=O) groups excluding carboxylic acids is 1. The van der Waals surface area contributed by atoms with E-state index in [9.17, 15) is 27.7 Å². The summed E-state index contributed by atoms with van der Waals surface area (Å²) in [6.07, 6.45) is 0. The number of Topliss-reactive ketones (excluding diaryl/α,β-unsaturated/α-hetero) is 1. The molecule has 0 aliphatic heterocycles. The van der Waals surface area contributed by atoms with Crippen molar-refractivity contribution >= 4 is 39.5 Å². The molecule has 10 nitrogen and oxygen atoms in total. The summed E-state index contributed by atoms with van der Waals surface area (Å²) in [5, 5.41) is 10.9. The van der Waals surface area contributed by atoms with Crippen LogP contribution in [0.3, 0.4) is 0 Å². The summed E-state index contributed by atoms with van der Waals surface area (Å²) in [7, 11) is 0. The predicted molar refractivity (Wildman–Crippen MR) is 126 cm³/mol. The largest absolute Gasteiger partial charge is 0.506 e. The fourth-order valence-electron chi connectivity index (χ4n) is 3.66. The number of aromatic hydroxyl groups is 1. The van der Waals surface area contributed by atoms with Gasteiger partial charge in [0.05, 0.1) is 11.5 Å². The van der Waals surface area contributed by atoms with Gasteiger partial charge in [-0.25, -0.2) is 4.79 Å². The van der Waals surface area contributed by atoms with Gasteiger partial charge in [0, 0.05) is 17.7 Å². The van der Waals surface area contributed by atoms with Crippen LogP contribution in [0.1, 0.15) is 27.4 Å². The molecule has 12 heteroatoms. The lowest BCUT2D eigenvalue weighted by atomic mass is 9.84. The fraction of sp³-hybridized carbons (Fsp3) is 0.0435. The van der Waals surface area contributed by atoms with Crippen molar-refractivity contribution in [3.05, 3.63) is 99.9 Å². The highest BCUT2D eigenvalue weighted by molar-refractivity contribution is 7.74. The molecule has 180 valence electrons. The lowest BCUT2D eigenvalue weighted by Crippen LogP contribution is -2.22. The second kappa shape index (κ2) is 10.2. The summed E-state index contributed by atoms with van der Waals surface area (Å²) in [6, 6.07) is 18.3. The van der Waals surface area contributed by atoms with E-state index in [1.807, 2.05) is 0 Å². The van der Waals surface area contributed by atoms with Gasteiger partial charge >= 0.3 is 28.3 Å². The van der Waals surface area contributed by atoms with Gasteiger partial charge in [-0.15, -0.1) is 0 Å². The van der Waals surface area contributed by atoms with E-state index >= 15 is 0 Å². The predicted octanol–water partition coefficient (Wildman–Crippen LogP) is 3.54. The summed E-state index contributed by atoms with van der Waals surface area (Å²) in [5.74, 6) is -3.39. The molecule has 0 amide bonds. The molecular formula is C23H16O10S2. The smallest absolute Gasteiger partial charge is 0.357 e. The van der Waals surface area contributed by atoms with Gasteiger partial charge in [0.1, 0.15) is 22.5 Å². The van der Waals surface area contributed by atoms with E-state index in [4.69, 9.17) is 13.2 Å². The first kappa shape index (κ1) is 24.3. The summed E-state index contributed by atoms with van der Waals surface area (Å²) in [5.41, 5.74) is -1.23. The fourth-order valence-corrected chi connectivity index (χ4v) is 4.20. The number of ketones is 1. The molecule has 3 unspecified atom stereocenters. The molecule has 35 heavy (non-hydrogen) atoms. The van der Waals surface area contributed by atoms with Crippen molar-refractivity contribution in [2.24, 2.45) is 0 Å². The number of rotatable bonds is 8. The zero-order valence-corrected chi connectivity index (χ0v) is 19.2. The second-order valence-electron chi connectivity index (χ2n) is 7.12. The Morgan fingerprint density at radius 3 is 2.09 bits per heavy atom. The number of hydrogen-bond donors (Lipinski definition) is 3. The molecule has 1 aromatic heterocycles. The summed E-state index contributed by atoms with van der Waals surface area (Å²) < 4.78 is 55.4. The van der Waals surface area contributed by atoms with Gasteiger partial charge in [0.25, 0.3) is 0 Å². The van der Waals surface area contributed by atoms with E-state index in [1.165, 1.54) is 0 Å². The Morgan fingerprint density at radius 2 is 1.49 bits per heavy atom. The average molecular weight is 517 g/mol. The first-order valence-corrected chi connectivity index (χ1v) is 11.9. The van der Waals surface area contributed by atoms with Gasteiger partial charge in [-0.2, -0.15) is 8.42 Å². The molecule has 4 rings (SSSR count). The molecule has 3 atom stereocenters. The van der Waals surface area contributed by atoms with Crippen LogP contribution in [-0.2, 0) is 22.7 Å². The topological polar surface area (TPSA) is 161 Å². The number of fused-ring (bicyclic) bond motifs is 1. The zero-order valence-electron chi connectivity index (χ0n) is 17.5. The summed E-state index contributed by atoms with van der Waals surface area (Å²) in [4.78, 5) is 26.6. The maximum absolute atomic E-state index is 13.5. The third-order valence-corrected chi connectivity index (χ3v) is 5.68. The van der Waals surface area contributed by atoms with Crippen molar-refractivity contribution in [1.82, 2.24) is 0 Å². The normalized spacial score (nSPS) is 13.7. The van der Waals surface area contributed by atoms with Crippen LogP contribution in [0.2, 0.25) is 0 Å². The van der Waals surface area contributed by atoms with E-state index in [-0.39, 0.29) is 22.3 Å². The zero-order chi connectivity index (χ0) is 25.1. The molecular weight excluding hydrogens is 500 g/mol. The summed E-state index contributed by atoms with van der Waals surface area (Å²) in [6.45, 7) is 0. The van der Waals surface area contributed by atoms with Gasteiger partial charge in [0.2, 0.25) is 0 Å². The Hall–Kier alpha value is -3.84. The van der Waals surface area contributed by atoms with E-state index in [1.54, 1.807) is 60.7 Å². The van der Waals surface area contributed by atoms with Gasteiger partial charge in [-0.05, 0) is 5.56 Å². The Morgan fingerprint density at radius 1 is 0.886 bits per heavy atom.